The van der Waals surface area contributed by atoms with E-state index in [0.717, 1.165) is 11.3 Å². The highest BCUT2D eigenvalue weighted by atomic mass is 32.1. The Balaban J connectivity index is 2.03. The number of halogens is 3. The van der Waals surface area contributed by atoms with Crippen molar-refractivity contribution < 1.29 is 13.2 Å². The van der Waals surface area contributed by atoms with E-state index < -0.39 is 12.0 Å². The Hall–Kier alpha value is -1.64. The first-order valence-corrected chi connectivity index (χ1v) is 5.77. The Morgan fingerprint density at radius 3 is 2.67 bits per heavy atom. The van der Waals surface area contributed by atoms with Gasteiger partial charge >= 0.3 is 6.18 Å². The lowest BCUT2D eigenvalue weighted by Crippen LogP contribution is -2.07. The molecule has 0 amide bonds. The average Bonchev–Trinajstić information content (AvgIpc) is 2.81. The van der Waals surface area contributed by atoms with Gasteiger partial charge in [-0.3, -0.25) is 4.68 Å². The highest BCUT2D eigenvalue weighted by Gasteiger charge is 2.36. The second kappa shape index (κ2) is 4.56. The zero-order valence-corrected chi connectivity index (χ0v) is 10.4. The van der Waals surface area contributed by atoms with Crippen LogP contribution in [0.2, 0.25) is 0 Å². The minimum atomic E-state index is -4.50. The maximum atomic E-state index is 12.3. The Bertz CT molecular complexity index is 545. The molecule has 0 aliphatic heterocycles. The summed E-state index contributed by atoms with van der Waals surface area (Å²) in [6.45, 7) is 2.20. The van der Waals surface area contributed by atoms with Gasteiger partial charge in [-0.15, -0.1) is 0 Å². The topological polar surface area (TPSA) is 55.6 Å². The van der Waals surface area contributed by atoms with Crippen LogP contribution in [0.4, 0.5) is 18.3 Å². The normalized spacial score (nSPS) is 11.8. The molecule has 98 valence electrons. The maximum absolute atomic E-state index is 12.3. The summed E-state index contributed by atoms with van der Waals surface area (Å²) in [6, 6.07) is 0. The number of nitrogens with zero attached hydrogens (tertiary/aromatic N) is 4. The fourth-order valence-electron chi connectivity index (χ4n) is 1.40. The number of alkyl halides is 3. The Labute approximate surface area is 105 Å². The van der Waals surface area contributed by atoms with Crippen molar-refractivity contribution in [3.8, 4) is 0 Å². The third-order valence-corrected chi connectivity index (χ3v) is 2.90. The zero-order chi connectivity index (χ0) is 13.3. The molecule has 0 aliphatic carbocycles. The van der Waals surface area contributed by atoms with E-state index in [1.807, 2.05) is 6.92 Å². The summed E-state index contributed by atoms with van der Waals surface area (Å²) in [5.41, 5.74) is 1.73. The number of hydrogen-bond donors (Lipinski definition) is 1. The Kier molecular flexibility index (Phi) is 3.24. The van der Waals surface area contributed by atoms with Crippen LogP contribution in [0.15, 0.2) is 6.20 Å². The number of hydrogen-bond acceptors (Lipinski definition) is 5. The number of aromatic nitrogens is 4. The third-order valence-electron chi connectivity index (χ3n) is 2.22. The van der Waals surface area contributed by atoms with Crippen LogP contribution >= 0.6 is 11.5 Å². The molecule has 0 unspecified atom stereocenters. The average molecular weight is 277 g/mol. The van der Waals surface area contributed by atoms with E-state index in [1.54, 1.807) is 17.9 Å². The molecule has 0 saturated heterocycles. The first kappa shape index (κ1) is 12.8. The highest BCUT2D eigenvalue weighted by molar-refractivity contribution is 7.09. The third kappa shape index (κ3) is 2.78. The van der Waals surface area contributed by atoms with Crippen molar-refractivity contribution in [1.82, 2.24) is 19.1 Å². The molecule has 0 aromatic carbocycles. The van der Waals surface area contributed by atoms with Crippen LogP contribution in [0.3, 0.4) is 0 Å². The van der Waals surface area contributed by atoms with E-state index in [4.69, 9.17) is 0 Å². The molecule has 2 aromatic rings. The van der Waals surface area contributed by atoms with Crippen molar-refractivity contribution in [2.45, 2.75) is 19.6 Å². The fraction of sp³-hybridized carbons (Fsp3) is 0.444. The molecule has 0 aliphatic rings. The van der Waals surface area contributed by atoms with Gasteiger partial charge in [0.05, 0.1) is 5.69 Å². The molecular formula is C9H10F3N5S. The highest BCUT2D eigenvalue weighted by Crippen LogP contribution is 2.29. The van der Waals surface area contributed by atoms with Crippen molar-refractivity contribution in [3.63, 3.8) is 0 Å². The van der Waals surface area contributed by atoms with Crippen LogP contribution in [-0.4, -0.2) is 19.1 Å². The van der Waals surface area contributed by atoms with E-state index in [1.165, 1.54) is 0 Å². The van der Waals surface area contributed by atoms with Gasteiger partial charge in [-0.05, 0) is 6.92 Å². The second-order valence-corrected chi connectivity index (χ2v) is 4.44. The molecule has 2 aromatic heterocycles. The van der Waals surface area contributed by atoms with E-state index >= 15 is 0 Å². The lowest BCUT2D eigenvalue weighted by molar-refractivity contribution is -0.144. The fourth-order valence-corrected chi connectivity index (χ4v) is 1.98. The van der Waals surface area contributed by atoms with E-state index in [9.17, 15) is 13.2 Å². The number of aryl methyl sites for hydroxylation is 2. The molecular weight excluding hydrogens is 267 g/mol. The quantitative estimate of drug-likeness (QED) is 0.934. The van der Waals surface area contributed by atoms with Crippen molar-refractivity contribution in [3.05, 3.63) is 23.3 Å². The van der Waals surface area contributed by atoms with Crippen LogP contribution in [0.1, 0.15) is 17.1 Å². The van der Waals surface area contributed by atoms with Crippen molar-refractivity contribution in [2.24, 2.45) is 7.05 Å². The molecule has 2 heterocycles. The molecule has 0 saturated carbocycles. The van der Waals surface area contributed by atoms with E-state index in [-0.39, 0.29) is 5.13 Å². The summed E-state index contributed by atoms with van der Waals surface area (Å²) >= 11 is 0.689. The summed E-state index contributed by atoms with van der Waals surface area (Å²) < 4.78 is 41.7. The van der Waals surface area contributed by atoms with Crippen LogP contribution in [-0.2, 0) is 19.8 Å². The predicted molar refractivity (Wildman–Crippen MR) is 60.2 cm³/mol. The minimum Gasteiger partial charge on any atom is -0.356 e. The second-order valence-electron chi connectivity index (χ2n) is 3.69. The Morgan fingerprint density at radius 1 is 1.44 bits per heavy atom. The maximum Gasteiger partial charge on any atom is 0.452 e. The van der Waals surface area contributed by atoms with Gasteiger partial charge in [0.1, 0.15) is 0 Å². The minimum absolute atomic E-state index is 0.144. The summed E-state index contributed by atoms with van der Waals surface area (Å²) in [4.78, 5) is 3.38. The molecule has 0 atom stereocenters. The van der Waals surface area contributed by atoms with Crippen LogP contribution in [0, 0.1) is 6.92 Å². The van der Waals surface area contributed by atoms with Gasteiger partial charge in [0.2, 0.25) is 11.0 Å². The van der Waals surface area contributed by atoms with Crippen LogP contribution < -0.4 is 5.32 Å². The van der Waals surface area contributed by atoms with E-state index in [2.05, 4.69) is 19.8 Å². The Morgan fingerprint density at radius 2 is 2.17 bits per heavy atom. The molecule has 0 radical (unpaired) electrons. The smallest absolute Gasteiger partial charge is 0.356 e. The van der Waals surface area contributed by atoms with Gasteiger partial charge in [0, 0.05) is 36.9 Å². The van der Waals surface area contributed by atoms with Gasteiger partial charge in [-0.2, -0.15) is 27.6 Å². The van der Waals surface area contributed by atoms with Crippen LogP contribution in [0.5, 0.6) is 0 Å². The molecule has 5 nitrogen and oxygen atoms in total. The molecule has 2 rings (SSSR count). The summed E-state index contributed by atoms with van der Waals surface area (Å²) in [5, 5.41) is 7.08. The monoisotopic (exact) mass is 277 g/mol. The number of anilines is 1. The molecule has 18 heavy (non-hydrogen) atoms. The molecule has 9 heteroatoms. The van der Waals surface area contributed by atoms with Crippen LogP contribution in [0.25, 0.3) is 0 Å². The molecule has 0 bridgehead atoms. The van der Waals surface area contributed by atoms with Crippen molar-refractivity contribution >= 4 is 16.7 Å². The zero-order valence-electron chi connectivity index (χ0n) is 9.62. The van der Waals surface area contributed by atoms with Gasteiger partial charge in [0.25, 0.3) is 0 Å². The molecule has 0 fully saturated rings. The van der Waals surface area contributed by atoms with Crippen molar-refractivity contribution in [1.29, 1.82) is 0 Å². The van der Waals surface area contributed by atoms with Crippen molar-refractivity contribution in [2.75, 3.05) is 5.32 Å². The summed E-state index contributed by atoms with van der Waals surface area (Å²) in [7, 11) is 1.78. The standard InChI is InChI=1S/C9H10F3N5S/c1-5-6(4-17(2)15-5)3-13-8-14-7(16-18-8)9(10,11)12/h4H,3H2,1-2H3,(H,13,14,16). The summed E-state index contributed by atoms with van der Waals surface area (Å²) in [6.07, 6.45) is -2.70. The first-order chi connectivity index (χ1) is 8.36. The van der Waals surface area contributed by atoms with Gasteiger partial charge in [0.15, 0.2) is 0 Å². The van der Waals surface area contributed by atoms with E-state index in [0.29, 0.717) is 18.1 Å². The predicted octanol–water partition coefficient (Wildman–Crippen LogP) is 2.21. The lowest BCUT2D eigenvalue weighted by Gasteiger charge is -2.00. The van der Waals surface area contributed by atoms with Gasteiger partial charge < -0.3 is 5.32 Å². The lowest BCUT2D eigenvalue weighted by atomic mass is 10.3. The largest absolute Gasteiger partial charge is 0.452 e. The van der Waals surface area contributed by atoms with Gasteiger partial charge in [-0.25, -0.2) is 0 Å². The summed E-state index contributed by atoms with van der Waals surface area (Å²) in [5.74, 6) is -1.11. The number of nitrogens with one attached hydrogen (secondary N) is 1. The van der Waals surface area contributed by atoms with Gasteiger partial charge in [-0.1, -0.05) is 0 Å². The number of rotatable bonds is 3. The first-order valence-electron chi connectivity index (χ1n) is 5.00. The SMILES string of the molecule is Cc1nn(C)cc1CNc1nc(C(F)(F)F)ns1. The molecule has 1 N–H and O–H groups in total. The molecule has 0 spiro atoms.